The van der Waals surface area contributed by atoms with Crippen molar-refractivity contribution in [3.63, 3.8) is 0 Å². The van der Waals surface area contributed by atoms with Crippen molar-refractivity contribution in [1.29, 1.82) is 0 Å². The molecule has 5 rings (SSSR count). The number of anilines is 2. The van der Waals surface area contributed by atoms with E-state index in [-0.39, 0.29) is 11.7 Å². The highest BCUT2D eigenvalue weighted by atomic mass is 19.1. The van der Waals surface area contributed by atoms with Crippen molar-refractivity contribution in [3.8, 4) is 0 Å². The summed E-state index contributed by atoms with van der Waals surface area (Å²) >= 11 is 0. The van der Waals surface area contributed by atoms with Gasteiger partial charge in [-0.3, -0.25) is 9.69 Å². The van der Waals surface area contributed by atoms with Crippen LogP contribution in [0.25, 0.3) is 10.9 Å². The maximum absolute atomic E-state index is 13.6. The summed E-state index contributed by atoms with van der Waals surface area (Å²) in [6.45, 7) is 5.11. The van der Waals surface area contributed by atoms with Crippen LogP contribution in [0.1, 0.15) is 15.9 Å². The Labute approximate surface area is 202 Å². The lowest BCUT2D eigenvalue weighted by atomic mass is 10.2. The molecule has 0 saturated carbocycles. The molecule has 1 fully saturated rings. The average Bonchev–Trinajstić information content (AvgIpc) is 3.27. The monoisotopic (exact) mass is 474 g/mol. The predicted octanol–water partition coefficient (Wildman–Crippen LogP) is 3.42. The van der Waals surface area contributed by atoms with Gasteiger partial charge in [-0.1, -0.05) is 12.1 Å². The van der Waals surface area contributed by atoms with Gasteiger partial charge >= 0.3 is 0 Å². The van der Waals surface area contributed by atoms with E-state index in [0.29, 0.717) is 24.5 Å². The first-order valence-electron chi connectivity index (χ1n) is 11.6. The molecule has 2 N–H and O–H groups in total. The van der Waals surface area contributed by atoms with Crippen LogP contribution < -0.4 is 10.6 Å². The second-order valence-corrected chi connectivity index (χ2v) is 8.47. The fraction of sp³-hybridized carbons (Fsp3) is 0.269. The minimum Gasteiger partial charge on any atom is -0.379 e. The first kappa shape index (κ1) is 22.9. The number of morpholine rings is 1. The number of ether oxygens (including phenoxy) is 1. The van der Waals surface area contributed by atoms with E-state index in [2.05, 4.69) is 30.1 Å². The molecule has 2 aromatic carbocycles. The fourth-order valence-electron chi connectivity index (χ4n) is 4.23. The Morgan fingerprint density at radius 1 is 1.11 bits per heavy atom. The summed E-state index contributed by atoms with van der Waals surface area (Å²) in [4.78, 5) is 23.4. The van der Waals surface area contributed by atoms with E-state index in [1.54, 1.807) is 12.1 Å². The van der Waals surface area contributed by atoms with E-state index in [9.17, 15) is 9.18 Å². The van der Waals surface area contributed by atoms with Crippen molar-refractivity contribution in [2.75, 3.05) is 44.7 Å². The lowest BCUT2D eigenvalue weighted by Gasteiger charge is -2.26. The van der Waals surface area contributed by atoms with Gasteiger partial charge in [-0.25, -0.2) is 14.4 Å². The quantitative estimate of drug-likeness (QED) is 0.407. The molecule has 4 aromatic rings. The molecule has 0 atom stereocenters. The van der Waals surface area contributed by atoms with Crippen LogP contribution in [0.5, 0.6) is 0 Å². The first-order chi connectivity index (χ1) is 17.2. The summed E-state index contributed by atoms with van der Waals surface area (Å²) in [6, 6.07) is 14.6. The molecule has 35 heavy (non-hydrogen) atoms. The normalized spacial score (nSPS) is 14.2. The van der Waals surface area contributed by atoms with Crippen LogP contribution in [0.4, 0.5) is 15.9 Å². The summed E-state index contributed by atoms with van der Waals surface area (Å²) in [6.07, 6.45) is 4.92. The highest BCUT2D eigenvalue weighted by Gasteiger charge is 2.15. The van der Waals surface area contributed by atoms with Gasteiger partial charge in [-0.05, 0) is 42.0 Å². The smallest absolute Gasteiger partial charge is 0.256 e. The standard InChI is InChI=1S/C26H27FN6O2/c27-21-3-1-2-19(14-21)17-33-8-6-20-15-22(4-5-24(20)33)31-25-23(16-28-18-30-25)26(34)29-7-9-32-10-12-35-13-11-32/h1-6,8,14-16,18H,7,9-13,17H2,(H,29,34)(H,28,30,31). The Kier molecular flexibility index (Phi) is 6.97. The second kappa shape index (κ2) is 10.6. The Morgan fingerprint density at radius 2 is 2.00 bits per heavy atom. The Bertz CT molecular complexity index is 1320. The van der Waals surface area contributed by atoms with Crippen LogP contribution in [-0.4, -0.2) is 64.7 Å². The van der Waals surface area contributed by atoms with E-state index in [0.717, 1.165) is 55.0 Å². The van der Waals surface area contributed by atoms with Gasteiger partial charge in [-0.2, -0.15) is 0 Å². The van der Waals surface area contributed by atoms with Crippen LogP contribution in [0, 0.1) is 5.82 Å². The van der Waals surface area contributed by atoms with Crippen molar-refractivity contribution in [2.24, 2.45) is 0 Å². The Morgan fingerprint density at radius 3 is 2.86 bits per heavy atom. The maximum Gasteiger partial charge on any atom is 0.256 e. The predicted molar refractivity (Wildman–Crippen MR) is 132 cm³/mol. The minimum atomic E-state index is -0.240. The largest absolute Gasteiger partial charge is 0.379 e. The van der Waals surface area contributed by atoms with Crippen LogP contribution in [0.2, 0.25) is 0 Å². The van der Waals surface area contributed by atoms with Gasteiger partial charge in [-0.15, -0.1) is 0 Å². The molecule has 1 amide bonds. The lowest BCUT2D eigenvalue weighted by Crippen LogP contribution is -2.41. The summed E-state index contributed by atoms with van der Waals surface area (Å²) in [5, 5.41) is 7.24. The van der Waals surface area contributed by atoms with Crippen molar-refractivity contribution in [2.45, 2.75) is 6.54 Å². The van der Waals surface area contributed by atoms with Crippen molar-refractivity contribution in [1.82, 2.24) is 24.8 Å². The number of nitrogens with one attached hydrogen (secondary N) is 2. The van der Waals surface area contributed by atoms with Gasteiger partial charge < -0.3 is 19.9 Å². The van der Waals surface area contributed by atoms with Crippen LogP contribution in [-0.2, 0) is 11.3 Å². The molecule has 0 radical (unpaired) electrons. The number of rotatable bonds is 8. The number of amides is 1. The number of halogens is 1. The molecule has 180 valence electrons. The zero-order valence-corrected chi connectivity index (χ0v) is 19.3. The third-order valence-electron chi connectivity index (χ3n) is 6.05. The molecule has 2 aromatic heterocycles. The molecule has 0 unspecified atom stereocenters. The maximum atomic E-state index is 13.6. The molecule has 8 nitrogen and oxygen atoms in total. The number of hydrogen-bond acceptors (Lipinski definition) is 6. The van der Waals surface area contributed by atoms with Gasteiger partial charge in [0.05, 0.1) is 13.2 Å². The summed E-state index contributed by atoms with van der Waals surface area (Å²) < 4.78 is 21.0. The molecule has 0 aliphatic carbocycles. The van der Waals surface area contributed by atoms with Crippen LogP contribution >= 0.6 is 0 Å². The number of hydrogen-bond donors (Lipinski definition) is 2. The SMILES string of the molecule is O=C(NCCN1CCOCC1)c1cncnc1Nc1ccc2c(ccn2Cc2cccc(F)c2)c1. The molecule has 3 heterocycles. The zero-order valence-electron chi connectivity index (χ0n) is 19.3. The number of carbonyl (C=O) groups excluding carboxylic acids is 1. The topological polar surface area (TPSA) is 84.3 Å². The molecule has 9 heteroatoms. The number of benzene rings is 2. The molecule has 1 aliphatic rings. The van der Waals surface area contributed by atoms with E-state index in [1.807, 2.05) is 36.5 Å². The molecule has 1 aliphatic heterocycles. The highest BCUT2D eigenvalue weighted by molar-refractivity contribution is 5.99. The molecule has 1 saturated heterocycles. The van der Waals surface area contributed by atoms with E-state index >= 15 is 0 Å². The zero-order chi connectivity index (χ0) is 24.0. The van der Waals surface area contributed by atoms with E-state index in [4.69, 9.17) is 4.74 Å². The third kappa shape index (κ3) is 5.64. The molecular weight excluding hydrogens is 447 g/mol. The molecule has 0 bridgehead atoms. The molecule has 0 spiro atoms. The van der Waals surface area contributed by atoms with Crippen molar-refractivity contribution < 1.29 is 13.9 Å². The summed E-state index contributed by atoms with van der Waals surface area (Å²) in [5.74, 6) is -0.0117. The Hall–Kier alpha value is -3.82. The van der Waals surface area contributed by atoms with Gasteiger partial charge in [0.2, 0.25) is 0 Å². The Balaban J connectivity index is 1.26. The second-order valence-electron chi connectivity index (χ2n) is 8.47. The molecular formula is C26H27FN6O2. The van der Waals surface area contributed by atoms with Gasteiger partial charge in [0.25, 0.3) is 5.91 Å². The van der Waals surface area contributed by atoms with Crippen molar-refractivity contribution >= 4 is 28.3 Å². The van der Waals surface area contributed by atoms with Crippen molar-refractivity contribution in [3.05, 3.63) is 84.2 Å². The fourth-order valence-corrected chi connectivity index (χ4v) is 4.23. The third-order valence-corrected chi connectivity index (χ3v) is 6.05. The van der Waals surface area contributed by atoms with Crippen LogP contribution in [0.15, 0.2) is 67.3 Å². The minimum absolute atomic E-state index is 0.219. The number of nitrogens with zero attached hydrogens (tertiary/aromatic N) is 4. The summed E-state index contributed by atoms with van der Waals surface area (Å²) in [7, 11) is 0. The van der Waals surface area contributed by atoms with E-state index in [1.165, 1.54) is 18.6 Å². The highest BCUT2D eigenvalue weighted by Crippen LogP contribution is 2.24. The first-order valence-corrected chi connectivity index (χ1v) is 11.6. The van der Waals surface area contributed by atoms with Gasteiger partial charge in [0.15, 0.2) is 0 Å². The van der Waals surface area contributed by atoms with Gasteiger partial charge in [0.1, 0.15) is 23.5 Å². The number of fused-ring (bicyclic) bond motifs is 1. The number of aromatic nitrogens is 3. The summed E-state index contributed by atoms with van der Waals surface area (Å²) in [5.41, 5.74) is 3.12. The average molecular weight is 475 g/mol. The number of carbonyl (C=O) groups is 1. The van der Waals surface area contributed by atoms with Crippen LogP contribution in [0.3, 0.4) is 0 Å². The lowest BCUT2D eigenvalue weighted by molar-refractivity contribution is 0.0383. The van der Waals surface area contributed by atoms with Gasteiger partial charge in [0, 0.05) is 61.7 Å². The van der Waals surface area contributed by atoms with E-state index < -0.39 is 0 Å².